The van der Waals surface area contributed by atoms with Crippen LogP contribution in [0.25, 0.3) is 0 Å². The lowest BCUT2D eigenvalue weighted by Gasteiger charge is -2.21. The third-order valence-electron chi connectivity index (χ3n) is 4.00. The quantitative estimate of drug-likeness (QED) is 0.907. The molecule has 1 aliphatic rings. The van der Waals surface area contributed by atoms with Gasteiger partial charge in [-0.05, 0) is 35.6 Å². The molecule has 3 N–H and O–H groups in total. The van der Waals surface area contributed by atoms with Crippen LogP contribution in [-0.2, 0) is 11.2 Å². The molecule has 21 heavy (non-hydrogen) atoms. The van der Waals surface area contributed by atoms with Crippen LogP contribution in [0.4, 0.5) is 4.39 Å². The average Bonchev–Trinajstić information content (AvgIpc) is 2.90. The van der Waals surface area contributed by atoms with Crippen LogP contribution in [0.15, 0.2) is 48.5 Å². The molecule has 3 nitrogen and oxygen atoms in total. The van der Waals surface area contributed by atoms with Crippen LogP contribution in [0, 0.1) is 5.82 Å². The lowest BCUT2D eigenvalue weighted by atomic mass is 10.0. The second kappa shape index (κ2) is 5.66. The Hall–Kier alpha value is -2.20. The molecule has 4 heteroatoms. The first-order valence-electron chi connectivity index (χ1n) is 7.04. The molecule has 0 fully saturated rings. The van der Waals surface area contributed by atoms with Crippen LogP contribution in [0.5, 0.6) is 0 Å². The summed E-state index contributed by atoms with van der Waals surface area (Å²) in [6, 6.07) is 13.8. The molecule has 2 aromatic rings. The van der Waals surface area contributed by atoms with E-state index in [1.807, 2.05) is 36.4 Å². The fraction of sp³-hybridized carbons (Fsp3) is 0.235. The lowest BCUT2D eigenvalue weighted by molar-refractivity contribution is -0.120. The van der Waals surface area contributed by atoms with E-state index in [9.17, 15) is 9.18 Å². The van der Waals surface area contributed by atoms with Crippen molar-refractivity contribution in [2.75, 3.05) is 0 Å². The van der Waals surface area contributed by atoms with Gasteiger partial charge in [0.2, 0.25) is 5.91 Å². The number of benzene rings is 2. The van der Waals surface area contributed by atoms with E-state index in [1.54, 1.807) is 6.07 Å². The van der Waals surface area contributed by atoms with E-state index in [4.69, 9.17) is 5.73 Å². The van der Waals surface area contributed by atoms with Gasteiger partial charge in [-0.15, -0.1) is 0 Å². The number of carbonyl (C=O) groups excluding carboxylic acids is 1. The number of fused-ring (bicyclic) bond motifs is 1. The fourth-order valence-electron chi connectivity index (χ4n) is 2.97. The number of hydrogen-bond donors (Lipinski definition) is 2. The summed E-state index contributed by atoms with van der Waals surface area (Å²) in [4.78, 5) is 11.8. The second-order valence-electron chi connectivity index (χ2n) is 5.31. The molecule has 0 unspecified atom stereocenters. The minimum atomic E-state index is -0.564. The van der Waals surface area contributed by atoms with Crippen molar-refractivity contribution < 1.29 is 9.18 Å². The van der Waals surface area contributed by atoms with E-state index in [1.165, 1.54) is 6.07 Å². The van der Waals surface area contributed by atoms with Crippen molar-refractivity contribution in [1.82, 2.24) is 5.32 Å². The van der Waals surface area contributed by atoms with E-state index in [2.05, 4.69) is 5.32 Å². The highest BCUT2D eigenvalue weighted by Crippen LogP contribution is 2.34. The molecule has 3 rings (SSSR count). The van der Waals surface area contributed by atoms with Gasteiger partial charge < -0.3 is 5.73 Å². The van der Waals surface area contributed by atoms with Gasteiger partial charge in [-0.2, -0.15) is 0 Å². The van der Waals surface area contributed by atoms with E-state index < -0.39 is 11.9 Å². The summed E-state index contributed by atoms with van der Waals surface area (Å²) in [6.45, 7) is 0. The molecule has 1 aliphatic carbocycles. The van der Waals surface area contributed by atoms with Gasteiger partial charge >= 0.3 is 0 Å². The molecule has 0 saturated heterocycles. The molecule has 0 bridgehead atoms. The van der Waals surface area contributed by atoms with Gasteiger partial charge in [-0.25, -0.2) is 4.39 Å². The maximum atomic E-state index is 13.8. The molecule has 0 saturated carbocycles. The number of nitrogens with one attached hydrogen (secondary N) is 1. The zero-order valence-electron chi connectivity index (χ0n) is 11.6. The summed E-state index contributed by atoms with van der Waals surface area (Å²) in [5.41, 5.74) is 8.02. The number of hydrogen-bond acceptors (Lipinski definition) is 2. The number of rotatable bonds is 4. The van der Waals surface area contributed by atoms with Gasteiger partial charge in [0.15, 0.2) is 0 Å². The standard InChI is InChI=1S/C17H17FN2O/c18-14-8-4-7-13-12(14)9-10-15(13)20-16(17(19)21)11-5-2-1-3-6-11/h1-8,15-16,20H,9-10H2,(H2,19,21)/t15-,16+/m0/s1. The van der Waals surface area contributed by atoms with Crippen LogP contribution < -0.4 is 11.1 Å². The van der Waals surface area contributed by atoms with Crippen LogP contribution in [-0.4, -0.2) is 5.91 Å². The summed E-state index contributed by atoms with van der Waals surface area (Å²) < 4.78 is 13.8. The Kier molecular flexibility index (Phi) is 3.71. The molecule has 0 spiro atoms. The highest BCUT2D eigenvalue weighted by atomic mass is 19.1. The van der Waals surface area contributed by atoms with Crippen LogP contribution in [0.1, 0.15) is 35.2 Å². The van der Waals surface area contributed by atoms with Crippen LogP contribution >= 0.6 is 0 Å². The Labute approximate surface area is 123 Å². The van der Waals surface area contributed by atoms with E-state index in [0.717, 1.165) is 23.1 Å². The third-order valence-corrected chi connectivity index (χ3v) is 4.00. The Morgan fingerprint density at radius 1 is 1.19 bits per heavy atom. The zero-order chi connectivity index (χ0) is 14.8. The topological polar surface area (TPSA) is 55.1 Å². The minimum Gasteiger partial charge on any atom is -0.368 e. The average molecular weight is 284 g/mol. The summed E-state index contributed by atoms with van der Waals surface area (Å²) in [6.07, 6.45) is 1.45. The highest BCUT2D eigenvalue weighted by molar-refractivity contribution is 5.81. The first-order valence-corrected chi connectivity index (χ1v) is 7.04. The summed E-state index contributed by atoms with van der Waals surface area (Å²) in [5, 5.41) is 3.27. The van der Waals surface area contributed by atoms with Crippen molar-refractivity contribution in [2.45, 2.75) is 24.9 Å². The highest BCUT2D eigenvalue weighted by Gasteiger charge is 2.29. The van der Waals surface area contributed by atoms with Crippen LogP contribution in [0.2, 0.25) is 0 Å². The van der Waals surface area contributed by atoms with Crippen molar-refractivity contribution in [2.24, 2.45) is 5.73 Å². The minimum absolute atomic E-state index is 0.0478. The van der Waals surface area contributed by atoms with E-state index in [-0.39, 0.29) is 11.9 Å². The smallest absolute Gasteiger partial charge is 0.239 e. The maximum absolute atomic E-state index is 13.8. The van der Waals surface area contributed by atoms with Crippen LogP contribution in [0.3, 0.4) is 0 Å². The molecule has 0 aromatic heterocycles. The molecule has 1 amide bonds. The second-order valence-corrected chi connectivity index (χ2v) is 5.31. The molecular weight excluding hydrogens is 267 g/mol. The van der Waals surface area contributed by atoms with E-state index >= 15 is 0 Å². The largest absolute Gasteiger partial charge is 0.368 e. The van der Waals surface area contributed by atoms with Crippen molar-refractivity contribution in [1.29, 1.82) is 0 Å². The third kappa shape index (κ3) is 2.67. The number of amides is 1. The maximum Gasteiger partial charge on any atom is 0.239 e. The molecule has 2 aromatic carbocycles. The zero-order valence-corrected chi connectivity index (χ0v) is 11.6. The van der Waals surface area contributed by atoms with E-state index in [0.29, 0.717) is 6.42 Å². The van der Waals surface area contributed by atoms with Gasteiger partial charge in [0.05, 0.1) is 0 Å². The molecule has 0 heterocycles. The summed E-state index contributed by atoms with van der Waals surface area (Å²) in [7, 11) is 0. The van der Waals surface area contributed by atoms with Gasteiger partial charge in [0.25, 0.3) is 0 Å². The Morgan fingerprint density at radius 2 is 1.95 bits per heavy atom. The first-order chi connectivity index (χ1) is 10.2. The monoisotopic (exact) mass is 284 g/mol. The molecule has 108 valence electrons. The Bertz CT molecular complexity index is 657. The van der Waals surface area contributed by atoms with Crippen molar-refractivity contribution >= 4 is 5.91 Å². The van der Waals surface area contributed by atoms with Crippen molar-refractivity contribution in [3.8, 4) is 0 Å². The number of halogens is 1. The van der Waals surface area contributed by atoms with Gasteiger partial charge in [0, 0.05) is 6.04 Å². The Morgan fingerprint density at radius 3 is 2.67 bits per heavy atom. The lowest BCUT2D eigenvalue weighted by Crippen LogP contribution is -2.35. The molecule has 0 aliphatic heterocycles. The fourth-order valence-corrected chi connectivity index (χ4v) is 2.97. The predicted octanol–water partition coefficient (Wildman–Crippen LogP) is 2.63. The number of primary amides is 1. The van der Waals surface area contributed by atoms with Crippen molar-refractivity contribution in [3.05, 3.63) is 71.0 Å². The molecular formula is C17H17FN2O. The first kappa shape index (κ1) is 13.8. The SMILES string of the molecule is NC(=O)[C@H](N[C@H]1CCc2c(F)cccc21)c1ccccc1. The van der Waals surface area contributed by atoms with Gasteiger partial charge in [-0.3, -0.25) is 10.1 Å². The Balaban J connectivity index is 1.87. The van der Waals surface area contributed by atoms with Gasteiger partial charge in [0.1, 0.15) is 11.9 Å². The normalized spacial score (nSPS) is 18.2. The number of nitrogens with two attached hydrogens (primary N) is 1. The molecule has 0 radical (unpaired) electrons. The summed E-state index contributed by atoms with van der Waals surface area (Å²) >= 11 is 0. The summed E-state index contributed by atoms with van der Waals surface area (Å²) in [5.74, 6) is -0.599. The number of carbonyl (C=O) groups is 1. The predicted molar refractivity (Wildman–Crippen MR) is 79.0 cm³/mol. The molecule has 2 atom stereocenters. The van der Waals surface area contributed by atoms with Gasteiger partial charge in [-0.1, -0.05) is 42.5 Å². The van der Waals surface area contributed by atoms with Crippen molar-refractivity contribution in [3.63, 3.8) is 0 Å².